The highest BCUT2D eigenvalue weighted by Crippen LogP contribution is 2.20. The summed E-state index contributed by atoms with van der Waals surface area (Å²) >= 11 is 0. The minimum Gasteiger partial charge on any atom is -0.376 e. The number of ether oxygens (including phenoxy) is 1. The van der Waals surface area contributed by atoms with Crippen LogP contribution in [-0.4, -0.2) is 54.4 Å². The van der Waals surface area contributed by atoms with Gasteiger partial charge in [-0.1, -0.05) is 18.2 Å². The van der Waals surface area contributed by atoms with E-state index in [1.165, 1.54) is 28.9 Å². The summed E-state index contributed by atoms with van der Waals surface area (Å²) in [5.74, 6) is -0.176. The molecule has 1 saturated heterocycles. The molecule has 4 rings (SSSR count). The molecule has 35 heavy (non-hydrogen) atoms. The number of amides is 1. The van der Waals surface area contributed by atoms with Gasteiger partial charge in [0.05, 0.1) is 22.4 Å². The average molecular weight is 499 g/mol. The normalized spacial score (nSPS) is 15.8. The highest BCUT2D eigenvalue weighted by Gasteiger charge is 2.25. The van der Waals surface area contributed by atoms with E-state index in [1.54, 1.807) is 47.8 Å². The molecule has 0 radical (unpaired) electrons. The van der Waals surface area contributed by atoms with E-state index in [1.807, 2.05) is 13.0 Å². The third-order valence-electron chi connectivity index (χ3n) is 6.32. The molecule has 1 amide bonds. The lowest BCUT2D eigenvalue weighted by molar-refractivity contribution is 0.0539. The first-order valence-electron chi connectivity index (χ1n) is 11.6. The van der Waals surface area contributed by atoms with Crippen molar-refractivity contribution in [2.24, 2.45) is 7.05 Å². The van der Waals surface area contributed by atoms with Gasteiger partial charge in [0.25, 0.3) is 21.5 Å². The van der Waals surface area contributed by atoms with Crippen LogP contribution in [-0.2, 0) is 21.8 Å². The Balaban J connectivity index is 1.55. The van der Waals surface area contributed by atoms with Crippen LogP contribution in [0.25, 0.3) is 5.69 Å². The maximum absolute atomic E-state index is 13.1. The third kappa shape index (κ3) is 5.03. The molecule has 2 aromatic carbocycles. The Morgan fingerprint density at radius 3 is 2.43 bits per heavy atom. The first-order chi connectivity index (χ1) is 16.7. The monoisotopic (exact) mass is 498 g/mol. The molecule has 1 N–H and O–H groups in total. The predicted molar refractivity (Wildman–Crippen MR) is 134 cm³/mol. The molecule has 0 bridgehead atoms. The number of nitrogens with one attached hydrogen (secondary N) is 1. The fraction of sp³-hybridized carbons (Fsp3) is 0.360. The molecule has 2 heterocycles. The Bertz CT molecular complexity index is 1360. The van der Waals surface area contributed by atoms with Crippen molar-refractivity contribution in [1.82, 2.24) is 14.3 Å². The highest BCUT2D eigenvalue weighted by atomic mass is 32.2. The molecule has 1 aliphatic heterocycles. The molecule has 1 fully saturated rings. The van der Waals surface area contributed by atoms with E-state index in [0.29, 0.717) is 36.6 Å². The first kappa shape index (κ1) is 24.7. The minimum absolute atomic E-state index is 0.0229. The van der Waals surface area contributed by atoms with Crippen LogP contribution in [0.4, 0.5) is 5.69 Å². The molecule has 1 aromatic heterocycles. The number of rotatable bonds is 8. The van der Waals surface area contributed by atoms with Gasteiger partial charge >= 0.3 is 0 Å². The van der Waals surface area contributed by atoms with E-state index in [0.717, 1.165) is 12.8 Å². The summed E-state index contributed by atoms with van der Waals surface area (Å²) in [6.45, 7) is 5.33. The van der Waals surface area contributed by atoms with Crippen molar-refractivity contribution in [1.29, 1.82) is 0 Å². The number of para-hydroxylation sites is 1. The largest absolute Gasteiger partial charge is 0.376 e. The molecule has 0 aliphatic carbocycles. The second-order valence-electron chi connectivity index (χ2n) is 8.55. The van der Waals surface area contributed by atoms with Gasteiger partial charge in [0, 0.05) is 32.3 Å². The number of sulfonamides is 1. The predicted octanol–water partition coefficient (Wildman–Crippen LogP) is 2.93. The van der Waals surface area contributed by atoms with Crippen LogP contribution in [0.3, 0.4) is 0 Å². The molecule has 186 valence electrons. The van der Waals surface area contributed by atoms with Gasteiger partial charge in [-0.05, 0) is 63.1 Å². The van der Waals surface area contributed by atoms with Crippen molar-refractivity contribution in [3.8, 4) is 5.69 Å². The third-order valence-corrected chi connectivity index (χ3v) is 7.68. The average Bonchev–Trinajstić information content (AvgIpc) is 3.45. The van der Waals surface area contributed by atoms with Gasteiger partial charge in [-0.3, -0.25) is 19.0 Å². The van der Waals surface area contributed by atoms with Gasteiger partial charge in [-0.2, -0.15) is 0 Å². The van der Waals surface area contributed by atoms with Gasteiger partial charge in [0.15, 0.2) is 0 Å². The molecule has 0 spiro atoms. The number of likely N-dealkylation sites (N-methyl/N-ethyl adjacent to an activating group) is 1. The summed E-state index contributed by atoms with van der Waals surface area (Å²) in [7, 11) is -2.36. The Labute approximate surface area is 205 Å². The number of hydrogen-bond acceptors (Lipinski definition) is 5. The first-order valence-corrected chi connectivity index (χ1v) is 13.1. The second kappa shape index (κ2) is 10.1. The zero-order valence-electron chi connectivity index (χ0n) is 20.1. The number of carbonyl (C=O) groups excluding carboxylic acids is 1. The van der Waals surface area contributed by atoms with E-state index in [2.05, 4.69) is 4.72 Å². The summed E-state index contributed by atoms with van der Waals surface area (Å²) in [4.78, 5) is 27.7. The molecule has 3 aromatic rings. The molecular formula is C25H30N4O5S. The minimum atomic E-state index is -4.05. The van der Waals surface area contributed by atoms with Crippen LogP contribution in [0.15, 0.2) is 64.3 Å². The lowest BCUT2D eigenvalue weighted by Gasteiger charge is -2.24. The smallest absolute Gasteiger partial charge is 0.296 e. The Hall–Kier alpha value is -3.37. The van der Waals surface area contributed by atoms with Crippen LogP contribution in [0.1, 0.15) is 35.8 Å². The van der Waals surface area contributed by atoms with Crippen molar-refractivity contribution in [3.63, 3.8) is 0 Å². The van der Waals surface area contributed by atoms with Gasteiger partial charge in [-0.25, -0.2) is 13.1 Å². The van der Waals surface area contributed by atoms with Gasteiger partial charge < -0.3 is 9.64 Å². The van der Waals surface area contributed by atoms with Crippen LogP contribution < -0.4 is 10.3 Å². The van der Waals surface area contributed by atoms with Crippen molar-refractivity contribution < 1.29 is 17.9 Å². The maximum Gasteiger partial charge on any atom is 0.296 e. The fourth-order valence-electron chi connectivity index (χ4n) is 4.23. The summed E-state index contributed by atoms with van der Waals surface area (Å²) in [5.41, 5.74) is 0.998. The number of carbonyl (C=O) groups is 1. The van der Waals surface area contributed by atoms with Gasteiger partial charge in [0.1, 0.15) is 5.69 Å². The van der Waals surface area contributed by atoms with Crippen LogP contribution in [0, 0.1) is 6.92 Å². The van der Waals surface area contributed by atoms with Crippen molar-refractivity contribution in [2.45, 2.75) is 37.7 Å². The Morgan fingerprint density at radius 1 is 1.14 bits per heavy atom. The summed E-state index contributed by atoms with van der Waals surface area (Å²) in [6, 6.07) is 14.7. The summed E-state index contributed by atoms with van der Waals surface area (Å²) < 4.78 is 37.3. The number of hydrogen-bond donors (Lipinski definition) is 1. The lowest BCUT2D eigenvalue weighted by atomic mass is 10.1. The van der Waals surface area contributed by atoms with E-state index < -0.39 is 15.6 Å². The van der Waals surface area contributed by atoms with Crippen molar-refractivity contribution in [2.75, 3.05) is 24.4 Å². The summed E-state index contributed by atoms with van der Waals surface area (Å²) in [5, 5.41) is 0. The fourth-order valence-corrected chi connectivity index (χ4v) is 5.34. The quantitative estimate of drug-likeness (QED) is 0.515. The van der Waals surface area contributed by atoms with Crippen LogP contribution >= 0.6 is 0 Å². The molecule has 10 heteroatoms. The van der Waals surface area contributed by atoms with E-state index in [4.69, 9.17) is 4.74 Å². The Kier molecular flexibility index (Phi) is 7.13. The topological polar surface area (TPSA) is 103 Å². The van der Waals surface area contributed by atoms with E-state index in [-0.39, 0.29) is 22.6 Å². The van der Waals surface area contributed by atoms with E-state index in [9.17, 15) is 18.0 Å². The number of nitrogens with zero attached hydrogens (tertiary/aromatic N) is 3. The number of benzene rings is 2. The molecule has 1 aliphatic rings. The van der Waals surface area contributed by atoms with Gasteiger partial charge in [-0.15, -0.1) is 0 Å². The van der Waals surface area contributed by atoms with Crippen molar-refractivity contribution >= 4 is 21.6 Å². The molecule has 1 atom stereocenters. The van der Waals surface area contributed by atoms with Gasteiger partial charge in [0.2, 0.25) is 0 Å². The second-order valence-corrected chi connectivity index (χ2v) is 10.2. The zero-order chi connectivity index (χ0) is 25.2. The zero-order valence-corrected chi connectivity index (χ0v) is 20.9. The maximum atomic E-state index is 13.1. The Morgan fingerprint density at radius 2 is 1.83 bits per heavy atom. The molecular weight excluding hydrogens is 468 g/mol. The number of anilines is 1. The molecule has 1 unspecified atom stereocenters. The van der Waals surface area contributed by atoms with Crippen molar-refractivity contribution in [3.05, 3.63) is 76.2 Å². The summed E-state index contributed by atoms with van der Waals surface area (Å²) in [6.07, 6.45) is 1.96. The molecule has 0 saturated carbocycles. The van der Waals surface area contributed by atoms with E-state index >= 15 is 0 Å². The van der Waals surface area contributed by atoms with Crippen LogP contribution in [0.2, 0.25) is 0 Å². The molecule has 9 nitrogen and oxygen atoms in total. The highest BCUT2D eigenvalue weighted by molar-refractivity contribution is 7.92. The number of aromatic nitrogens is 2. The van der Waals surface area contributed by atoms with Crippen LogP contribution in [0.5, 0.6) is 0 Å². The standard InChI is InChI=1S/C25H30N4O5S/c1-4-28(17-21-11-8-16-34-21)24(30)19-12-14-22(15-13-19)35(32,33)26-23-18(2)27(3)29(25(23)31)20-9-6-5-7-10-20/h5-7,9-10,12-15,21,26H,4,8,11,16-17H2,1-3H3. The lowest BCUT2D eigenvalue weighted by Crippen LogP contribution is -2.37. The SMILES string of the molecule is CCN(CC1CCCO1)C(=O)c1ccc(S(=O)(=O)Nc2c(C)n(C)n(-c3ccccc3)c2=O)cc1.